The Morgan fingerprint density at radius 1 is 1.20 bits per heavy atom. The third-order valence-corrected chi connectivity index (χ3v) is 3.07. The molecule has 2 aromatic heterocycles. The average molecular weight is 215 g/mol. The number of thiazole rings is 1. The van der Waals surface area contributed by atoms with Crippen LogP contribution in [0.2, 0.25) is 0 Å². The number of fused-ring (bicyclic) bond motifs is 1. The molecular weight excluding hydrogens is 206 g/mol. The molecule has 4 heteroatoms. The fraction of sp³-hybridized carbons (Fsp3) is 0.0909. The standard InChI is InChI=1S/C11H9N3S/c1-8-2-4-9(5-3-8)14-6-10-11(13-14)12-7-15-10/h2-7H,1H3. The van der Waals surface area contributed by atoms with Gasteiger partial charge in [0, 0.05) is 0 Å². The number of rotatable bonds is 1. The molecular formula is C11H9N3S. The third kappa shape index (κ3) is 1.43. The molecule has 1 aromatic carbocycles. The van der Waals surface area contributed by atoms with Crippen LogP contribution in [0.1, 0.15) is 5.56 Å². The predicted octanol–water partition coefficient (Wildman–Crippen LogP) is 2.79. The van der Waals surface area contributed by atoms with E-state index in [1.807, 2.05) is 16.4 Å². The highest BCUT2D eigenvalue weighted by atomic mass is 32.1. The molecule has 74 valence electrons. The van der Waals surface area contributed by atoms with Crippen molar-refractivity contribution in [2.24, 2.45) is 0 Å². The largest absolute Gasteiger partial charge is 0.237 e. The molecule has 0 aliphatic heterocycles. The van der Waals surface area contributed by atoms with Crippen LogP contribution in [0.4, 0.5) is 0 Å². The van der Waals surface area contributed by atoms with Gasteiger partial charge in [0.1, 0.15) is 0 Å². The summed E-state index contributed by atoms with van der Waals surface area (Å²) in [7, 11) is 0. The lowest BCUT2D eigenvalue weighted by Crippen LogP contribution is -1.93. The first-order valence-electron chi connectivity index (χ1n) is 4.69. The van der Waals surface area contributed by atoms with Crippen LogP contribution >= 0.6 is 11.3 Å². The normalized spacial score (nSPS) is 11.0. The number of aryl methyl sites for hydroxylation is 1. The lowest BCUT2D eigenvalue weighted by atomic mass is 10.2. The molecule has 3 nitrogen and oxygen atoms in total. The molecule has 0 bridgehead atoms. The van der Waals surface area contributed by atoms with Crippen LogP contribution in [-0.4, -0.2) is 14.8 Å². The third-order valence-electron chi connectivity index (χ3n) is 2.32. The quantitative estimate of drug-likeness (QED) is 0.625. The van der Waals surface area contributed by atoms with Gasteiger partial charge >= 0.3 is 0 Å². The minimum atomic E-state index is 0.820. The van der Waals surface area contributed by atoms with Crippen LogP contribution < -0.4 is 0 Å². The monoisotopic (exact) mass is 215 g/mol. The summed E-state index contributed by atoms with van der Waals surface area (Å²) in [5.74, 6) is 0. The van der Waals surface area contributed by atoms with E-state index in [4.69, 9.17) is 0 Å². The van der Waals surface area contributed by atoms with Crippen molar-refractivity contribution >= 4 is 21.7 Å². The molecule has 15 heavy (non-hydrogen) atoms. The summed E-state index contributed by atoms with van der Waals surface area (Å²) in [6.45, 7) is 2.08. The highest BCUT2D eigenvalue weighted by Gasteiger charge is 2.03. The van der Waals surface area contributed by atoms with Crippen LogP contribution in [0.3, 0.4) is 0 Å². The molecule has 0 fully saturated rings. The number of hydrogen-bond donors (Lipinski definition) is 0. The van der Waals surface area contributed by atoms with E-state index in [1.54, 1.807) is 11.3 Å². The molecule has 2 heterocycles. The van der Waals surface area contributed by atoms with Crippen molar-refractivity contribution in [3.63, 3.8) is 0 Å². The predicted molar refractivity (Wildman–Crippen MR) is 61.5 cm³/mol. The highest BCUT2D eigenvalue weighted by molar-refractivity contribution is 7.16. The number of aromatic nitrogens is 3. The zero-order valence-corrected chi connectivity index (χ0v) is 9.03. The maximum absolute atomic E-state index is 4.39. The van der Waals surface area contributed by atoms with E-state index in [0.29, 0.717) is 0 Å². The second-order valence-electron chi connectivity index (χ2n) is 3.45. The van der Waals surface area contributed by atoms with E-state index < -0.39 is 0 Å². The van der Waals surface area contributed by atoms with Crippen molar-refractivity contribution < 1.29 is 0 Å². The molecule has 0 aliphatic carbocycles. The Hall–Kier alpha value is -1.68. The van der Waals surface area contributed by atoms with Gasteiger partial charge in [0.05, 0.1) is 22.1 Å². The summed E-state index contributed by atoms with van der Waals surface area (Å²) in [5, 5.41) is 4.39. The van der Waals surface area contributed by atoms with Crippen molar-refractivity contribution in [2.45, 2.75) is 6.92 Å². The Bertz CT molecular complexity index is 563. The highest BCUT2D eigenvalue weighted by Crippen LogP contribution is 2.18. The summed E-state index contributed by atoms with van der Waals surface area (Å²) in [4.78, 5) is 4.17. The lowest BCUT2D eigenvalue weighted by Gasteiger charge is -2.00. The van der Waals surface area contributed by atoms with Gasteiger partial charge in [-0.2, -0.15) is 0 Å². The van der Waals surface area contributed by atoms with Crippen molar-refractivity contribution in [3.05, 3.63) is 41.5 Å². The fourth-order valence-corrected chi connectivity index (χ4v) is 2.11. The molecule has 0 unspecified atom stereocenters. The summed E-state index contributed by atoms with van der Waals surface area (Å²) in [5.41, 5.74) is 4.97. The zero-order chi connectivity index (χ0) is 10.3. The van der Waals surface area contributed by atoms with E-state index in [9.17, 15) is 0 Å². The summed E-state index contributed by atoms with van der Waals surface area (Å²) in [6, 6.07) is 8.29. The van der Waals surface area contributed by atoms with E-state index in [-0.39, 0.29) is 0 Å². The molecule has 0 saturated carbocycles. The first kappa shape index (κ1) is 8.61. The van der Waals surface area contributed by atoms with Gasteiger partial charge in [-0.3, -0.25) is 0 Å². The van der Waals surface area contributed by atoms with Crippen LogP contribution in [0.15, 0.2) is 36.0 Å². The van der Waals surface area contributed by atoms with Crippen molar-refractivity contribution in [3.8, 4) is 5.69 Å². The Kier molecular flexibility index (Phi) is 1.82. The van der Waals surface area contributed by atoms with E-state index >= 15 is 0 Å². The van der Waals surface area contributed by atoms with E-state index in [1.165, 1.54) is 5.56 Å². The molecule has 0 radical (unpaired) electrons. The van der Waals surface area contributed by atoms with Gasteiger partial charge in [0.15, 0.2) is 5.65 Å². The first-order valence-corrected chi connectivity index (χ1v) is 5.57. The van der Waals surface area contributed by atoms with Crippen molar-refractivity contribution in [2.75, 3.05) is 0 Å². The van der Waals surface area contributed by atoms with Crippen LogP contribution in [0, 0.1) is 6.92 Å². The number of nitrogens with zero attached hydrogens (tertiary/aromatic N) is 3. The number of benzene rings is 1. The van der Waals surface area contributed by atoms with Gasteiger partial charge in [-0.15, -0.1) is 16.4 Å². The Labute approximate surface area is 91.0 Å². The Morgan fingerprint density at radius 3 is 2.73 bits per heavy atom. The topological polar surface area (TPSA) is 30.7 Å². The Balaban J connectivity index is 2.13. The minimum absolute atomic E-state index is 0.820. The molecule has 3 aromatic rings. The zero-order valence-electron chi connectivity index (χ0n) is 8.21. The minimum Gasteiger partial charge on any atom is -0.237 e. The number of hydrogen-bond acceptors (Lipinski definition) is 3. The molecule has 0 N–H and O–H groups in total. The SMILES string of the molecule is Cc1ccc(-n2cc3scnc3n2)cc1. The molecule has 0 saturated heterocycles. The van der Waals surface area contributed by atoms with Gasteiger partial charge in [0.25, 0.3) is 0 Å². The average Bonchev–Trinajstić information content (AvgIpc) is 2.78. The van der Waals surface area contributed by atoms with Gasteiger partial charge < -0.3 is 0 Å². The Morgan fingerprint density at radius 2 is 2.00 bits per heavy atom. The van der Waals surface area contributed by atoms with Gasteiger partial charge in [-0.1, -0.05) is 17.7 Å². The van der Waals surface area contributed by atoms with E-state index in [0.717, 1.165) is 16.0 Å². The van der Waals surface area contributed by atoms with Crippen LogP contribution in [0.25, 0.3) is 16.0 Å². The maximum atomic E-state index is 4.39. The van der Waals surface area contributed by atoms with E-state index in [2.05, 4.69) is 41.3 Å². The first-order chi connectivity index (χ1) is 7.33. The van der Waals surface area contributed by atoms with Crippen molar-refractivity contribution in [1.82, 2.24) is 14.8 Å². The van der Waals surface area contributed by atoms with Crippen LogP contribution in [0.5, 0.6) is 0 Å². The molecule has 0 aliphatic rings. The maximum Gasteiger partial charge on any atom is 0.192 e. The molecule has 0 atom stereocenters. The fourth-order valence-electron chi connectivity index (χ4n) is 1.48. The smallest absolute Gasteiger partial charge is 0.192 e. The molecule has 3 rings (SSSR count). The lowest BCUT2D eigenvalue weighted by molar-refractivity contribution is 0.889. The molecule has 0 spiro atoms. The second kappa shape index (κ2) is 3.17. The van der Waals surface area contributed by atoms with Gasteiger partial charge in [0.2, 0.25) is 0 Å². The summed E-state index contributed by atoms with van der Waals surface area (Å²) in [6.07, 6.45) is 2.01. The second-order valence-corrected chi connectivity index (χ2v) is 4.34. The summed E-state index contributed by atoms with van der Waals surface area (Å²) >= 11 is 1.61. The molecule has 0 amide bonds. The van der Waals surface area contributed by atoms with Gasteiger partial charge in [-0.25, -0.2) is 9.67 Å². The van der Waals surface area contributed by atoms with Gasteiger partial charge in [-0.05, 0) is 19.1 Å². The van der Waals surface area contributed by atoms with Crippen molar-refractivity contribution in [1.29, 1.82) is 0 Å². The van der Waals surface area contributed by atoms with Crippen LogP contribution in [-0.2, 0) is 0 Å². The summed E-state index contributed by atoms with van der Waals surface area (Å²) < 4.78 is 2.99.